The number of halogens is 2. The lowest BCUT2D eigenvalue weighted by Crippen LogP contribution is -2.49. The predicted octanol–water partition coefficient (Wildman–Crippen LogP) is 3.23. The van der Waals surface area contributed by atoms with Crippen molar-refractivity contribution < 1.29 is 13.9 Å². The second-order valence-corrected chi connectivity index (χ2v) is 6.02. The van der Waals surface area contributed by atoms with Gasteiger partial charge in [0.25, 0.3) is 5.91 Å². The fraction of sp³-hybridized carbons (Fsp3) is 0.500. The van der Waals surface area contributed by atoms with Crippen LogP contribution in [0, 0.1) is 5.82 Å². The minimum absolute atomic E-state index is 0.114. The number of nitrogens with zero attached hydrogens (tertiary/aromatic N) is 1. The molecule has 1 aliphatic rings. The quantitative estimate of drug-likeness (QED) is 0.833. The van der Waals surface area contributed by atoms with Gasteiger partial charge in [0.2, 0.25) is 0 Å². The van der Waals surface area contributed by atoms with E-state index in [0.29, 0.717) is 17.6 Å². The molecule has 104 valence electrons. The first kappa shape index (κ1) is 14.5. The molecule has 0 aromatic heterocycles. The van der Waals surface area contributed by atoms with Gasteiger partial charge in [-0.1, -0.05) is 15.9 Å². The lowest BCUT2D eigenvalue weighted by atomic mass is 9.94. The highest BCUT2D eigenvalue weighted by Gasteiger charge is 2.33. The Bertz CT molecular complexity index is 494. The fourth-order valence-corrected chi connectivity index (χ4v) is 2.71. The summed E-state index contributed by atoms with van der Waals surface area (Å²) >= 11 is 3.19. The van der Waals surface area contributed by atoms with Gasteiger partial charge in [0.15, 0.2) is 0 Å². The first-order valence-electron chi connectivity index (χ1n) is 6.25. The van der Waals surface area contributed by atoms with Crippen molar-refractivity contribution in [1.82, 2.24) is 4.90 Å². The molecule has 1 aromatic carbocycles. The van der Waals surface area contributed by atoms with Gasteiger partial charge in [-0.25, -0.2) is 4.39 Å². The second-order valence-electron chi connectivity index (χ2n) is 5.11. The molecule has 2 rings (SSSR count). The number of carbonyl (C=O) groups is 1. The van der Waals surface area contributed by atoms with Crippen molar-refractivity contribution in [3.05, 3.63) is 34.1 Å². The van der Waals surface area contributed by atoms with E-state index in [2.05, 4.69) is 15.9 Å². The van der Waals surface area contributed by atoms with Gasteiger partial charge in [0.05, 0.1) is 11.2 Å². The molecule has 0 saturated carbocycles. The zero-order valence-electron chi connectivity index (χ0n) is 11.1. The van der Waals surface area contributed by atoms with Gasteiger partial charge < -0.3 is 9.64 Å². The Morgan fingerprint density at radius 2 is 2.26 bits per heavy atom. The molecule has 19 heavy (non-hydrogen) atoms. The maximum Gasteiger partial charge on any atom is 0.256 e. The molecule has 5 heteroatoms. The van der Waals surface area contributed by atoms with Crippen molar-refractivity contribution in [2.45, 2.75) is 25.4 Å². The van der Waals surface area contributed by atoms with Crippen LogP contribution in [0.3, 0.4) is 0 Å². The second kappa shape index (κ2) is 5.59. The summed E-state index contributed by atoms with van der Waals surface area (Å²) in [6, 6.07) is 4.50. The standard InChI is InChI=1S/C14H17BrFNO2/c1-14(19-2)6-3-7-17(9-14)13(18)11-5-4-10(15)8-12(11)16/h4-5,8H,3,6-7,9H2,1-2H3. The van der Waals surface area contributed by atoms with Gasteiger partial charge in [-0.05, 0) is 38.0 Å². The van der Waals surface area contributed by atoms with Crippen LogP contribution < -0.4 is 0 Å². The topological polar surface area (TPSA) is 29.5 Å². The van der Waals surface area contributed by atoms with E-state index >= 15 is 0 Å². The minimum atomic E-state index is -0.496. The number of rotatable bonds is 2. The molecule has 0 N–H and O–H groups in total. The minimum Gasteiger partial charge on any atom is -0.377 e. The summed E-state index contributed by atoms with van der Waals surface area (Å²) in [5.41, 5.74) is -0.219. The Morgan fingerprint density at radius 1 is 1.53 bits per heavy atom. The fourth-order valence-electron chi connectivity index (χ4n) is 2.38. The van der Waals surface area contributed by atoms with E-state index < -0.39 is 5.82 Å². The normalized spacial score (nSPS) is 23.5. The largest absolute Gasteiger partial charge is 0.377 e. The Labute approximate surface area is 120 Å². The van der Waals surface area contributed by atoms with Crippen molar-refractivity contribution in [2.24, 2.45) is 0 Å². The molecule has 0 radical (unpaired) electrons. The Kier molecular flexibility index (Phi) is 4.26. The van der Waals surface area contributed by atoms with E-state index in [9.17, 15) is 9.18 Å². The number of likely N-dealkylation sites (tertiary alicyclic amines) is 1. The third-order valence-electron chi connectivity index (χ3n) is 3.60. The van der Waals surface area contributed by atoms with Gasteiger partial charge in [0.1, 0.15) is 5.82 Å². The summed E-state index contributed by atoms with van der Waals surface area (Å²) in [4.78, 5) is 14.0. The zero-order chi connectivity index (χ0) is 14.0. The van der Waals surface area contributed by atoms with E-state index in [4.69, 9.17) is 4.74 Å². The van der Waals surface area contributed by atoms with Crippen molar-refractivity contribution in [2.75, 3.05) is 20.2 Å². The lowest BCUT2D eigenvalue weighted by molar-refractivity contribution is -0.0441. The number of carbonyl (C=O) groups excluding carboxylic acids is 1. The average molecular weight is 330 g/mol. The van der Waals surface area contributed by atoms with Crippen molar-refractivity contribution in [3.8, 4) is 0 Å². The molecular weight excluding hydrogens is 313 g/mol. The molecule has 0 aliphatic carbocycles. The van der Waals surface area contributed by atoms with Crippen molar-refractivity contribution in [1.29, 1.82) is 0 Å². The van der Waals surface area contributed by atoms with Crippen LogP contribution in [0.15, 0.2) is 22.7 Å². The highest BCUT2D eigenvalue weighted by atomic mass is 79.9. The summed E-state index contributed by atoms with van der Waals surface area (Å²) in [5.74, 6) is -0.767. The highest BCUT2D eigenvalue weighted by molar-refractivity contribution is 9.10. The molecule has 1 aromatic rings. The first-order valence-corrected chi connectivity index (χ1v) is 7.04. The maximum atomic E-state index is 13.8. The van der Waals surface area contributed by atoms with Crippen LogP contribution in [0.2, 0.25) is 0 Å². The third-order valence-corrected chi connectivity index (χ3v) is 4.09. The Hall–Kier alpha value is -0.940. The van der Waals surface area contributed by atoms with Crippen LogP contribution in [-0.2, 0) is 4.74 Å². The van der Waals surface area contributed by atoms with E-state index in [-0.39, 0.29) is 17.1 Å². The summed E-state index contributed by atoms with van der Waals surface area (Å²) < 4.78 is 19.9. The van der Waals surface area contributed by atoms with Crippen LogP contribution in [0.5, 0.6) is 0 Å². The summed E-state index contributed by atoms with van der Waals surface area (Å²) in [7, 11) is 1.65. The van der Waals surface area contributed by atoms with Gasteiger partial charge in [0, 0.05) is 24.7 Å². The molecule has 1 amide bonds. The molecule has 3 nitrogen and oxygen atoms in total. The number of hydrogen-bond donors (Lipinski definition) is 0. The van der Waals surface area contributed by atoms with Crippen molar-refractivity contribution >= 4 is 21.8 Å². The Balaban J connectivity index is 2.19. The molecule has 1 atom stereocenters. The van der Waals surface area contributed by atoms with E-state index in [1.807, 2.05) is 6.92 Å². The molecule has 0 bridgehead atoms. The molecule has 1 aliphatic heterocycles. The van der Waals surface area contributed by atoms with E-state index in [1.54, 1.807) is 18.1 Å². The Morgan fingerprint density at radius 3 is 2.89 bits per heavy atom. The predicted molar refractivity (Wildman–Crippen MR) is 74.7 cm³/mol. The number of ether oxygens (including phenoxy) is 1. The lowest BCUT2D eigenvalue weighted by Gasteiger charge is -2.39. The summed E-state index contributed by atoms with van der Waals surface area (Å²) in [5, 5.41) is 0. The van der Waals surface area contributed by atoms with Crippen LogP contribution in [0.4, 0.5) is 4.39 Å². The monoisotopic (exact) mass is 329 g/mol. The average Bonchev–Trinajstić information content (AvgIpc) is 2.38. The molecule has 1 fully saturated rings. The molecule has 0 spiro atoms. The number of benzene rings is 1. The maximum absolute atomic E-state index is 13.8. The van der Waals surface area contributed by atoms with Crippen LogP contribution in [-0.4, -0.2) is 36.6 Å². The summed E-state index contributed by atoms with van der Waals surface area (Å²) in [6.45, 7) is 3.12. The van der Waals surface area contributed by atoms with Gasteiger partial charge >= 0.3 is 0 Å². The zero-order valence-corrected chi connectivity index (χ0v) is 12.7. The van der Waals surface area contributed by atoms with Gasteiger partial charge in [-0.15, -0.1) is 0 Å². The van der Waals surface area contributed by atoms with Gasteiger partial charge in [-0.3, -0.25) is 4.79 Å². The van der Waals surface area contributed by atoms with E-state index in [1.165, 1.54) is 12.1 Å². The first-order chi connectivity index (χ1) is 8.95. The highest BCUT2D eigenvalue weighted by Crippen LogP contribution is 2.26. The molecule has 1 unspecified atom stereocenters. The van der Waals surface area contributed by atoms with Crippen LogP contribution in [0.1, 0.15) is 30.1 Å². The number of hydrogen-bond acceptors (Lipinski definition) is 2. The molecule has 1 saturated heterocycles. The number of methoxy groups -OCH3 is 1. The number of amides is 1. The molecular formula is C14H17BrFNO2. The van der Waals surface area contributed by atoms with Crippen LogP contribution >= 0.6 is 15.9 Å². The van der Waals surface area contributed by atoms with Gasteiger partial charge in [-0.2, -0.15) is 0 Å². The summed E-state index contributed by atoms with van der Waals surface area (Å²) in [6.07, 6.45) is 1.78. The third kappa shape index (κ3) is 3.15. The van der Waals surface area contributed by atoms with E-state index in [0.717, 1.165) is 12.8 Å². The van der Waals surface area contributed by atoms with Crippen molar-refractivity contribution in [3.63, 3.8) is 0 Å². The smallest absolute Gasteiger partial charge is 0.256 e. The SMILES string of the molecule is COC1(C)CCCN(C(=O)c2ccc(Br)cc2F)C1. The number of piperidine rings is 1. The van der Waals surface area contributed by atoms with Crippen LogP contribution in [0.25, 0.3) is 0 Å². The molecule has 1 heterocycles.